The van der Waals surface area contributed by atoms with Crippen molar-refractivity contribution in [2.75, 3.05) is 13.2 Å². The SMILES string of the molecule is O=C(O)OC[C@H](OC(=O)O)[C@@H](OC(=O)O)[C@H](O)[C@H](O)CO. The van der Waals surface area contributed by atoms with Crippen molar-refractivity contribution in [1.82, 2.24) is 0 Å². The van der Waals surface area contributed by atoms with Crippen LogP contribution in [0.4, 0.5) is 14.4 Å². The molecule has 122 valence electrons. The Hall–Kier alpha value is -2.31. The number of carbonyl (C=O) groups is 3. The molecule has 0 amide bonds. The van der Waals surface area contributed by atoms with Gasteiger partial charge in [-0.25, -0.2) is 14.4 Å². The summed E-state index contributed by atoms with van der Waals surface area (Å²) in [6.07, 6.45) is -13.6. The summed E-state index contributed by atoms with van der Waals surface area (Å²) in [4.78, 5) is 31.3. The molecule has 21 heavy (non-hydrogen) atoms. The lowest BCUT2D eigenvalue weighted by Crippen LogP contribution is -2.51. The van der Waals surface area contributed by atoms with Gasteiger partial charge >= 0.3 is 18.5 Å². The third-order valence-corrected chi connectivity index (χ3v) is 2.14. The molecule has 0 aromatic heterocycles. The molecule has 0 rings (SSSR count). The summed E-state index contributed by atoms with van der Waals surface area (Å²) in [7, 11) is 0. The first-order valence-electron chi connectivity index (χ1n) is 5.30. The van der Waals surface area contributed by atoms with Gasteiger partial charge in [-0.05, 0) is 0 Å². The first-order chi connectivity index (χ1) is 9.68. The Morgan fingerprint density at radius 2 is 1.43 bits per heavy atom. The van der Waals surface area contributed by atoms with Crippen molar-refractivity contribution in [3.8, 4) is 0 Å². The van der Waals surface area contributed by atoms with Crippen molar-refractivity contribution in [3.05, 3.63) is 0 Å². The Morgan fingerprint density at radius 3 is 1.81 bits per heavy atom. The highest BCUT2D eigenvalue weighted by Gasteiger charge is 2.39. The Kier molecular flexibility index (Phi) is 7.81. The van der Waals surface area contributed by atoms with Gasteiger partial charge in [-0.15, -0.1) is 0 Å². The minimum absolute atomic E-state index is 1.000. The zero-order valence-electron chi connectivity index (χ0n) is 10.4. The number of carboxylic acid groups (broad SMARTS) is 3. The molecule has 0 radical (unpaired) electrons. The molecule has 0 saturated carbocycles. The minimum Gasteiger partial charge on any atom is -0.450 e. The van der Waals surface area contributed by atoms with E-state index in [1.807, 2.05) is 0 Å². The monoisotopic (exact) mass is 314 g/mol. The van der Waals surface area contributed by atoms with Crippen LogP contribution in [0, 0.1) is 0 Å². The van der Waals surface area contributed by atoms with Crippen molar-refractivity contribution < 1.29 is 59.2 Å². The van der Waals surface area contributed by atoms with E-state index in [-0.39, 0.29) is 0 Å². The first-order valence-corrected chi connectivity index (χ1v) is 5.30. The Bertz CT molecular complexity index is 368. The van der Waals surface area contributed by atoms with Crippen LogP contribution in [0.1, 0.15) is 0 Å². The lowest BCUT2D eigenvalue weighted by atomic mass is 10.0. The molecule has 12 heteroatoms. The van der Waals surface area contributed by atoms with E-state index in [0.29, 0.717) is 0 Å². The second kappa shape index (κ2) is 8.78. The van der Waals surface area contributed by atoms with Crippen LogP contribution in [0.5, 0.6) is 0 Å². The highest BCUT2D eigenvalue weighted by atomic mass is 16.7. The molecule has 0 aliphatic heterocycles. The third-order valence-electron chi connectivity index (χ3n) is 2.14. The summed E-state index contributed by atoms with van der Waals surface area (Å²) in [5.41, 5.74) is 0. The number of hydrogen-bond acceptors (Lipinski definition) is 9. The molecule has 0 saturated heterocycles. The number of rotatable bonds is 8. The number of ether oxygens (including phenoxy) is 3. The number of hydrogen-bond donors (Lipinski definition) is 6. The van der Waals surface area contributed by atoms with Crippen LogP contribution in [0.2, 0.25) is 0 Å². The van der Waals surface area contributed by atoms with Gasteiger partial charge in [0.25, 0.3) is 0 Å². The average Bonchev–Trinajstić information content (AvgIpc) is 2.38. The largest absolute Gasteiger partial charge is 0.506 e. The highest BCUT2D eigenvalue weighted by molar-refractivity contribution is 5.59. The van der Waals surface area contributed by atoms with E-state index in [1.54, 1.807) is 0 Å². The smallest absolute Gasteiger partial charge is 0.450 e. The number of aliphatic hydroxyl groups is 3. The van der Waals surface area contributed by atoms with E-state index in [0.717, 1.165) is 0 Å². The second-order valence-electron chi connectivity index (χ2n) is 3.59. The normalized spacial score (nSPS) is 16.1. The van der Waals surface area contributed by atoms with Crippen molar-refractivity contribution in [1.29, 1.82) is 0 Å². The predicted molar refractivity (Wildman–Crippen MR) is 58.9 cm³/mol. The summed E-state index contributed by atoms with van der Waals surface area (Å²) >= 11 is 0. The molecule has 0 fully saturated rings. The van der Waals surface area contributed by atoms with E-state index in [2.05, 4.69) is 14.2 Å². The first kappa shape index (κ1) is 18.7. The van der Waals surface area contributed by atoms with Gasteiger partial charge in [-0.3, -0.25) is 0 Å². The van der Waals surface area contributed by atoms with Crippen LogP contribution in [0.25, 0.3) is 0 Å². The van der Waals surface area contributed by atoms with Gasteiger partial charge in [-0.2, -0.15) is 0 Å². The van der Waals surface area contributed by atoms with E-state index in [1.165, 1.54) is 0 Å². The molecule has 12 nitrogen and oxygen atoms in total. The summed E-state index contributed by atoms with van der Waals surface area (Å²) in [5.74, 6) is 0. The fraction of sp³-hybridized carbons (Fsp3) is 0.667. The average molecular weight is 314 g/mol. The molecule has 0 unspecified atom stereocenters. The molecule has 0 spiro atoms. The van der Waals surface area contributed by atoms with Gasteiger partial charge in [0.2, 0.25) is 0 Å². The van der Waals surface area contributed by atoms with Crippen LogP contribution in [0.15, 0.2) is 0 Å². The van der Waals surface area contributed by atoms with Gasteiger partial charge < -0.3 is 44.8 Å². The van der Waals surface area contributed by atoms with Crippen LogP contribution >= 0.6 is 0 Å². The van der Waals surface area contributed by atoms with Gasteiger partial charge in [0.05, 0.1) is 6.61 Å². The van der Waals surface area contributed by atoms with Gasteiger partial charge in [0.1, 0.15) is 18.8 Å². The maximum atomic E-state index is 10.5. The minimum atomic E-state index is -2.09. The summed E-state index contributed by atoms with van der Waals surface area (Å²) in [5, 5.41) is 52.8. The molecule has 0 aromatic carbocycles. The fourth-order valence-corrected chi connectivity index (χ4v) is 1.29. The molecule has 6 N–H and O–H groups in total. The topological polar surface area (TPSA) is 200 Å². The zero-order valence-corrected chi connectivity index (χ0v) is 10.4. The summed E-state index contributed by atoms with van der Waals surface area (Å²) < 4.78 is 12.4. The molecule has 0 aliphatic carbocycles. The van der Waals surface area contributed by atoms with Crippen molar-refractivity contribution in [2.45, 2.75) is 24.4 Å². The second-order valence-corrected chi connectivity index (χ2v) is 3.59. The van der Waals surface area contributed by atoms with Crippen LogP contribution in [0.3, 0.4) is 0 Å². The predicted octanol–water partition coefficient (Wildman–Crippen LogP) is -1.48. The van der Waals surface area contributed by atoms with Crippen LogP contribution in [-0.2, 0) is 14.2 Å². The number of aliphatic hydroxyl groups excluding tert-OH is 3. The van der Waals surface area contributed by atoms with Gasteiger partial charge in [-0.1, -0.05) is 0 Å². The van der Waals surface area contributed by atoms with E-state index in [9.17, 15) is 24.6 Å². The fourth-order valence-electron chi connectivity index (χ4n) is 1.29. The molecule has 0 bridgehead atoms. The third kappa shape index (κ3) is 7.14. The lowest BCUT2D eigenvalue weighted by Gasteiger charge is -2.29. The zero-order chi connectivity index (χ0) is 16.6. The maximum absolute atomic E-state index is 10.5. The Balaban J connectivity index is 5.17. The summed E-state index contributed by atoms with van der Waals surface area (Å²) in [6.45, 7) is -2.00. The highest BCUT2D eigenvalue weighted by Crippen LogP contribution is 2.14. The lowest BCUT2D eigenvalue weighted by molar-refractivity contribution is -0.139. The van der Waals surface area contributed by atoms with Gasteiger partial charge in [0, 0.05) is 0 Å². The quantitative estimate of drug-likeness (QED) is 0.224. The van der Waals surface area contributed by atoms with Crippen LogP contribution in [-0.4, -0.2) is 86.7 Å². The van der Waals surface area contributed by atoms with Gasteiger partial charge in [0.15, 0.2) is 12.2 Å². The standard InChI is InChI=1S/C9H14O12/c10-1-3(11)5(12)6(21-9(17)18)4(20-8(15)16)2-19-7(13)14/h3-6,10-12H,1-2H2,(H,13,14)(H,15,16)(H,17,18)/t3-,4+,5-,6-/m1/s1. The Morgan fingerprint density at radius 1 is 0.905 bits per heavy atom. The molecular formula is C9H14O12. The molecule has 4 atom stereocenters. The van der Waals surface area contributed by atoms with Crippen LogP contribution < -0.4 is 0 Å². The molecule has 0 aromatic rings. The van der Waals surface area contributed by atoms with E-state index >= 15 is 0 Å². The Labute approximate surface area is 116 Å². The molecular weight excluding hydrogens is 300 g/mol. The van der Waals surface area contributed by atoms with Crippen molar-refractivity contribution >= 4 is 18.5 Å². The molecule has 0 aliphatic rings. The maximum Gasteiger partial charge on any atom is 0.506 e. The molecule has 0 heterocycles. The van der Waals surface area contributed by atoms with E-state index < -0.39 is 56.1 Å². The van der Waals surface area contributed by atoms with Crippen molar-refractivity contribution in [3.63, 3.8) is 0 Å². The van der Waals surface area contributed by atoms with E-state index in [4.69, 9.17) is 20.4 Å². The summed E-state index contributed by atoms with van der Waals surface area (Å²) in [6, 6.07) is 0. The van der Waals surface area contributed by atoms with Crippen molar-refractivity contribution in [2.24, 2.45) is 0 Å².